The Morgan fingerprint density at radius 1 is 1.10 bits per heavy atom. The van der Waals surface area contributed by atoms with Crippen molar-refractivity contribution in [1.29, 1.82) is 0 Å². The van der Waals surface area contributed by atoms with Gasteiger partial charge >= 0.3 is 5.97 Å². The molecule has 4 heteroatoms. The third kappa shape index (κ3) is 4.70. The summed E-state index contributed by atoms with van der Waals surface area (Å²) in [5.74, 6) is -0.193. The van der Waals surface area contributed by atoms with Gasteiger partial charge in [-0.2, -0.15) is 0 Å². The molecule has 0 bridgehead atoms. The normalized spacial score (nSPS) is 10.2. The Morgan fingerprint density at radius 2 is 1.85 bits per heavy atom. The number of anilines is 1. The first kappa shape index (κ1) is 14.6. The maximum absolute atomic E-state index is 11.7. The molecule has 2 N–H and O–H groups in total. The average Bonchev–Trinajstić information content (AvgIpc) is 2.45. The van der Waals surface area contributed by atoms with Gasteiger partial charge in [0, 0.05) is 16.6 Å². The largest absolute Gasteiger partial charge is 0.461 e. The molecule has 0 unspecified atom stereocenters. The molecule has 0 spiro atoms. The van der Waals surface area contributed by atoms with E-state index in [-0.39, 0.29) is 5.97 Å². The minimum atomic E-state index is -0.193. The lowest BCUT2D eigenvalue weighted by Crippen LogP contribution is -2.06. The zero-order valence-corrected chi connectivity index (χ0v) is 12.6. The molecule has 0 fully saturated rings. The first-order chi connectivity index (χ1) is 9.63. The Morgan fingerprint density at radius 3 is 2.55 bits per heavy atom. The molecule has 0 radical (unpaired) electrons. The number of halogens is 1. The number of carbonyl (C=O) groups excluding carboxylic acids is 1. The van der Waals surface area contributed by atoms with Gasteiger partial charge in [-0.3, -0.25) is 4.79 Å². The first-order valence-corrected chi connectivity index (χ1v) is 7.17. The van der Waals surface area contributed by atoms with Crippen molar-refractivity contribution in [3.8, 4) is 0 Å². The standard InChI is InChI=1S/C16H16BrNO2/c17-14-3-1-2-13(10-14)11-20-16(19)9-6-12-4-7-15(18)8-5-12/h1-5,7-8,10H,6,9,11,18H2. The molecule has 2 aromatic carbocycles. The van der Waals surface area contributed by atoms with Gasteiger partial charge in [0.15, 0.2) is 0 Å². The molecule has 0 atom stereocenters. The number of hydrogen-bond acceptors (Lipinski definition) is 3. The molecule has 0 aliphatic rings. The fraction of sp³-hybridized carbons (Fsp3) is 0.188. The van der Waals surface area contributed by atoms with Gasteiger partial charge in [0.25, 0.3) is 0 Å². The number of aryl methyl sites for hydroxylation is 1. The third-order valence-electron chi connectivity index (χ3n) is 2.89. The summed E-state index contributed by atoms with van der Waals surface area (Å²) in [6.45, 7) is 0.306. The Labute approximate surface area is 126 Å². The molecular weight excluding hydrogens is 318 g/mol. The molecule has 20 heavy (non-hydrogen) atoms. The summed E-state index contributed by atoms with van der Waals surface area (Å²) in [5, 5.41) is 0. The van der Waals surface area contributed by atoms with Crippen LogP contribution in [0.1, 0.15) is 17.5 Å². The van der Waals surface area contributed by atoms with Gasteiger partial charge in [0.1, 0.15) is 6.61 Å². The van der Waals surface area contributed by atoms with Crippen LogP contribution >= 0.6 is 15.9 Å². The number of esters is 1. The van der Waals surface area contributed by atoms with E-state index in [4.69, 9.17) is 10.5 Å². The van der Waals surface area contributed by atoms with Crippen LogP contribution in [-0.4, -0.2) is 5.97 Å². The number of benzene rings is 2. The van der Waals surface area contributed by atoms with E-state index in [1.165, 1.54) is 0 Å². The Balaban J connectivity index is 1.77. The summed E-state index contributed by atoms with van der Waals surface area (Å²) in [6.07, 6.45) is 1.04. The van der Waals surface area contributed by atoms with Crippen molar-refractivity contribution in [3.05, 3.63) is 64.1 Å². The summed E-state index contributed by atoms with van der Waals surface area (Å²) in [4.78, 5) is 11.7. The molecule has 0 saturated carbocycles. The molecule has 2 rings (SSSR count). The Kier molecular flexibility index (Phi) is 5.18. The van der Waals surface area contributed by atoms with Crippen LogP contribution in [0.4, 0.5) is 5.69 Å². The van der Waals surface area contributed by atoms with Crippen molar-refractivity contribution in [2.24, 2.45) is 0 Å². The summed E-state index contributed by atoms with van der Waals surface area (Å²) < 4.78 is 6.22. The SMILES string of the molecule is Nc1ccc(CCC(=O)OCc2cccc(Br)c2)cc1. The smallest absolute Gasteiger partial charge is 0.306 e. The molecular formula is C16H16BrNO2. The van der Waals surface area contributed by atoms with E-state index in [0.29, 0.717) is 19.4 Å². The zero-order valence-electron chi connectivity index (χ0n) is 11.0. The van der Waals surface area contributed by atoms with Crippen molar-refractivity contribution < 1.29 is 9.53 Å². The highest BCUT2D eigenvalue weighted by Crippen LogP contribution is 2.13. The fourth-order valence-electron chi connectivity index (χ4n) is 1.79. The van der Waals surface area contributed by atoms with Gasteiger partial charge in [-0.15, -0.1) is 0 Å². The molecule has 0 heterocycles. The molecule has 0 aromatic heterocycles. The monoisotopic (exact) mass is 333 g/mol. The molecule has 0 aliphatic heterocycles. The third-order valence-corrected chi connectivity index (χ3v) is 3.38. The lowest BCUT2D eigenvalue weighted by molar-refractivity contribution is -0.144. The number of rotatable bonds is 5. The minimum absolute atomic E-state index is 0.193. The van der Waals surface area contributed by atoms with E-state index < -0.39 is 0 Å². The van der Waals surface area contributed by atoms with Crippen molar-refractivity contribution >= 4 is 27.6 Å². The topological polar surface area (TPSA) is 52.3 Å². The Hall–Kier alpha value is -1.81. The summed E-state index contributed by atoms with van der Waals surface area (Å²) in [7, 11) is 0. The first-order valence-electron chi connectivity index (χ1n) is 6.38. The van der Waals surface area contributed by atoms with E-state index in [1.54, 1.807) is 0 Å². The quantitative estimate of drug-likeness (QED) is 0.670. The van der Waals surface area contributed by atoms with Crippen LogP contribution in [0.5, 0.6) is 0 Å². The van der Waals surface area contributed by atoms with Crippen molar-refractivity contribution in [2.45, 2.75) is 19.4 Å². The molecule has 3 nitrogen and oxygen atoms in total. The van der Waals surface area contributed by atoms with E-state index in [0.717, 1.165) is 21.3 Å². The van der Waals surface area contributed by atoms with Gasteiger partial charge in [0.2, 0.25) is 0 Å². The lowest BCUT2D eigenvalue weighted by atomic mass is 10.1. The van der Waals surface area contributed by atoms with E-state index in [2.05, 4.69) is 15.9 Å². The van der Waals surface area contributed by atoms with Gasteiger partial charge < -0.3 is 10.5 Å². The minimum Gasteiger partial charge on any atom is -0.461 e. The maximum Gasteiger partial charge on any atom is 0.306 e. The average molecular weight is 334 g/mol. The van der Waals surface area contributed by atoms with Crippen molar-refractivity contribution in [2.75, 3.05) is 5.73 Å². The number of nitrogens with two attached hydrogens (primary N) is 1. The fourth-order valence-corrected chi connectivity index (χ4v) is 2.24. The number of ether oxygens (including phenoxy) is 1. The van der Waals surface area contributed by atoms with E-state index >= 15 is 0 Å². The predicted molar refractivity (Wildman–Crippen MR) is 83.1 cm³/mol. The van der Waals surface area contributed by atoms with Crippen LogP contribution < -0.4 is 5.73 Å². The molecule has 0 amide bonds. The van der Waals surface area contributed by atoms with Crippen molar-refractivity contribution in [3.63, 3.8) is 0 Å². The number of nitrogen functional groups attached to an aromatic ring is 1. The van der Waals surface area contributed by atoms with Crippen LogP contribution in [-0.2, 0) is 22.6 Å². The molecule has 0 saturated heterocycles. The van der Waals surface area contributed by atoms with Gasteiger partial charge in [-0.05, 0) is 41.8 Å². The van der Waals surface area contributed by atoms with Crippen LogP contribution in [0, 0.1) is 0 Å². The van der Waals surface area contributed by atoms with E-state index in [1.807, 2.05) is 48.5 Å². The highest BCUT2D eigenvalue weighted by Gasteiger charge is 2.04. The zero-order chi connectivity index (χ0) is 14.4. The van der Waals surface area contributed by atoms with E-state index in [9.17, 15) is 4.79 Å². The summed E-state index contributed by atoms with van der Waals surface area (Å²) >= 11 is 3.39. The van der Waals surface area contributed by atoms with Crippen LogP contribution in [0.2, 0.25) is 0 Å². The van der Waals surface area contributed by atoms with Crippen LogP contribution in [0.3, 0.4) is 0 Å². The second kappa shape index (κ2) is 7.10. The predicted octanol–water partition coefficient (Wildman–Crippen LogP) is 3.71. The summed E-state index contributed by atoms with van der Waals surface area (Å²) in [6, 6.07) is 15.2. The second-order valence-corrected chi connectivity index (χ2v) is 5.45. The maximum atomic E-state index is 11.7. The van der Waals surface area contributed by atoms with Gasteiger partial charge in [-0.1, -0.05) is 40.2 Å². The van der Waals surface area contributed by atoms with Gasteiger partial charge in [0.05, 0.1) is 0 Å². The van der Waals surface area contributed by atoms with Crippen LogP contribution in [0.25, 0.3) is 0 Å². The Bertz CT molecular complexity index is 581. The highest BCUT2D eigenvalue weighted by molar-refractivity contribution is 9.10. The number of carbonyl (C=O) groups is 1. The molecule has 104 valence electrons. The molecule has 0 aliphatic carbocycles. The molecule has 2 aromatic rings. The number of hydrogen-bond donors (Lipinski definition) is 1. The van der Waals surface area contributed by atoms with Crippen LogP contribution in [0.15, 0.2) is 53.0 Å². The van der Waals surface area contributed by atoms with Gasteiger partial charge in [-0.25, -0.2) is 0 Å². The van der Waals surface area contributed by atoms with Crippen molar-refractivity contribution in [1.82, 2.24) is 0 Å². The lowest BCUT2D eigenvalue weighted by Gasteiger charge is -2.06. The highest BCUT2D eigenvalue weighted by atomic mass is 79.9. The second-order valence-electron chi connectivity index (χ2n) is 4.53. The summed E-state index contributed by atoms with van der Waals surface area (Å²) in [5.41, 5.74) is 8.39.